The minimum Gasteiger partial charge on any atom is -0.454 e. The number of carbonyl (C=O) groups is 4. The van der Waals surface area contributed by atoms with E-state index in [-0.39, 0.29) is 22.6 Å². The first kappa shape index (κ1) is 22.8. The highest BCUT2D eigenvalue weighted by Crippen LogP contribution is 2.59. The number of carbonyl (C=O) groups excluding carboxylic acids is 4. The molecule has 2 bridgehead atoms. The minimum absolute atomic E-state index is 0.164. The molecule has 166 valence electrons. The molecular formula is C20H18BrCl3N2O5. The summed E-state index contributed by atoms with van der Waals surface area (Å²) in [6.45, 7) is 0.683. The number of nitrogens with one attached hydrogen (secondary N) is 1. The fourth-order valence-corrected chi connectivity index (χ4v) is 6.37. The van der Waals surface area contributed by atoms with Gasteiger partial charge in [-0.15, -0.1) is 23.2 Å². The van der Waals surface area contributed by atoms with E-state index in [1.54, 1.807) is 19.1 Å². The molecule has 2 aliphatic carbocycles. The first-order valence-corrected chi connectivity index (χ1v) is 11.7. The number of esters is 1. The number of hydrogen-bond acceptors (Lipinski definition) is 5. The molecule has 1 saturated heterocycles. The number of anilines is 1. The van der Waals surface area contributed by atoms with Gasteiger partial charge in [0.25, 0.3) is 5.91 Å². The van der Waals surface area contributed by atoms with E-state index in [2.05, 4.69) is 21.2 Å². The summed E-state index contributed by atoms with van der Waals surface area (Å²) in [4.78, 5) is 50.8. The minimum atomic E-state index is -0.848. The maximum atomic E-state index is 12.8. The van der Waals surface area contributed by atoms with E-state index >= 15 is 0 Å². The number of nitrogens with zero attached hydrogens (tertiary/aromatic N) is 1. The zero-order chi connectivity index (χ0) is 22.6. The standard InChI is InChI=1S/C20H18BrCl3N2O5/c1-7-2-10(21)11(22)4-12(7)25-13(27)6-31-14(28)5-26-19(29)15-8-3-9(16(15)20(26)30)18(24)17(8)23/h2,4,8-9,15-18H,3,5-6H2,1H3,(H,25,27)/t8-,9-,15-,16+,17-,18+/m1/s1. The van der Waals surface area contributed by atoms with Crippen LogP contribution in [-0.2, 0) is 23.9 Å². The Balaban J connectivity index is 1.33. The summed E-state index contributed by atoms with van der Waals surface area (Å²) in [5.41, 5.74) is 1.24. The molecule has 1 aliphatic heterocycles. The Morgan fingerprint density at radius 3 is 2.32 bits per heavy atom. The van der Waals surface area contributed by atoms with Crippen molar-refractivity contribution >= 4 is 80.1 Å². The third-order valence-electron chi connectivity index (χ3n) is 6.27. The van der Waals surface area contributed by atoms with Gasteiger partial charge in [0.15, 0.2) is 6.61 Å². The molecule has 3 amide bonds. The van der Waals surface area contributed by atoms with Gasteiger partial charge in [0.1, 0.15) is 6.54 Å². The second-order valence-electron chi connectivity index (χ2n) is 8.06. The Hall–Kier alpha value is -1.35. The van der Waals surface area contributed by atoms with Crippen molar-refractivity contribution in [2.75, 3.05) is 18.5 Å². The van der Waals surface area contributed by atoms with E-state index in [1.807, 2.05) is 0 Å². The molecule has 1 aromatic carbocycles. The van der Waals surface area contributed by atoms with Gasteiger partial charge in [-0.25, -0.2) is 0 Å². The second-order valence-corrected chi connectivity index (χ2v) is 10.3. The van der Waals surface area contributed by atoms with Crippen LogP contribution in [0.15, 0.2) is 16.6 Å². The summed E-state index contributed by atoms with van der Waals surface area (Å²) in [7, 11) is 0. The van der Waals surface area contributed by atoms with E-state index in [0.29, 0.717) is 21.6 Å². The number of likely N-dealkylation sites (tertiary alicyclic amines) is 1. The van der Waals surface area contributed by atoms with Crippen LogP contribution in [0.3, 0.4) is 0 Å². The zero-order valence-electron chi connectivity index (χ0n) is 16.2. The molecule has 0 aromatic heterocycles. The van der Waals surface area contributed by atoms with Crippen LogP contribution < -0.4 is 5.32 Å². The number of hydrogen-bond donors (Lipinski definition) is 1. The molecule has 31 heavy (non-hydrogen) atoms. The molecule has 1 heterocycles. The lowest BCUT2D eigenvalue weighted by atomic mass is 9.80. The number of imide groups is 1. The average molecular weight is 553 g/mol. The van der Waals surface area contributed by atoms with Crippen molar-refractivity contribution in [1.29, 1.82) is 0 Å². The van der Waals surface area contributed by atoms with Crippen LogP contribution in [0.5, 0.6) is 0 Å². The molecule has 1 N–H and O–H groups in total. The highest BCUT2D eigenvalue weighted by Gasteiger charge is 2.66. The fraction of sp³-hybridized carbons (Fsp3) is 0.500. The smallest absolute Gasteiger partial charge is 0.326 e. The average Bonchev–Trinajstić information content (AvgIpc) is 3.31. The largest absolute Gasteiger partial charge is 0.454 e. The Labute approximate surface area is 201 Å². The van der Waals surface area contributed by atoms with Crippen LogP contribution in [0.2, 0.25) is 5.02 Å². The van der Waals surface area contributed by atoms with Crippen molar-refractivity contribution in [3.05, 3.63) is 27.2 Å². The lowest BCUT2D eigenvalue weighted by Gasteiger charge is -2.28. The van der Waals surface area contributed by atoms with E-state index in [4.69, 9.17) is 39.5 Å². The number of alkyl halides is 2. The third-order valence-corrected chi connectivity index (χ3v) is 8.79. The molecule has 0 spiro atoms. The van der Waals surface area contributed by atoms with Crippen LogP contribution in [-0.4, -0.2) is 52.5 Å². The summed E-state index contributed by atoms with van der Waals surface area (Å²) < 4.78 is 5.66. The van der Waals surface area contributed by atoms with Crippen molar-refractivity contribution in [3.8, 4) is 0 Å². The quantitative estimate of drug-likeness (QED) is 0.344. The number of halogens is 4. The first-order chi connectivity index (χ1) is 14.6. The lowest BCUT2D eigenvalue weighted by molar-refractivity contribution is -0.154. The van der Waals surface area contributed by atoms with E-state index < -0.39 is 48.7 Å². The van der Waals surface area contributed by atoms with E-state index in [0.717, 1.165) is 10.5 Å². The van der Waals surface area contributed by atoms with Gasteiger partial charge < -0.3 is 10.1 Å². The van der Waals surface area contributed by atoms with Gasteiger partial charge in [-0.2, -0.15) is 0 Å². The van der Waals surface area contributed by atoms with Crippen LogP contribution in [0.1, 0.15) is 12.0 Å². The van der Waals surface area contributed by atoms with Crippen LogP contribution in [0, 0.1) is 30.6 Å². The lowest BCUT2D eigenvalue weighted by Crippen LogP contribution is -2.38. The molecule has 2 saturated carbocycles. The van der Waals surface area contributed by atoms with Gasteiger partial charge in [0, 0.05) is 10.2 Å². The topological polar surface area (TPSA) is 92.8 Å². The van der Waals surface area contributed by atoms with Gasteiger partial charge in [0.05, 0.1) is 27.6 Å². The molecule has 3 fully saturated rings. The highest BCUT2D eigenvalue weighted by molar-refractivity contribution is 9.10. The van der Waals surface area contributed by atoms with Gasteiger partial charge in [-0.3, -0.25) is 24.1 Å². The number of rotatable bonds is 5. The number of aryl methyl sites for hydroxylation is 1. The van der Waals surface area contributed by atoms with E-state index in [1.165, 1.54) is 0 Å². The normalized spacial score (nSPS) is 31.2. The maximum absolute atomic E-state index is 12.8. The SMILES string of the molecule is Cc1cc(Br)c(Cl)cc1NC(=O)COC(=O)CN1C(=O)[C@@H]2[C@H]3C[C@@H]([C@H](Cl)[C@@H]3Cl)[C@@H]2C1=O. The van der Waals surface area contributed by atoms with Gasteiger partial charge in [0.2, 0.25) is 11.8 Å². The summed E-state index contributed by atoms with van der Waals surface area (Å²) in [6.07, 6.45) is 0.646. The number of amides is 3. The Morgan fingerprint density at radius 2 is 1.74 bits per heavy atom. The molecule has 6 atom stereocenters. The first-order valence-electron chi connectivity index (χ1n) is 9.64. The van der Waals surface area contributed by atoms with Crippen LogP contribution in [0.4, 0.5) is 5.69 Å². The summed E-state index contributed by atoms with van der Waals surface area (Å²) in [6, 6.07) is 3.32. The third kappa shape index (κ3) is 3.96. The van der Waals surface area contributed by atoms with Crippen LogP contribution >= 0.6 is 50.7 Å². The summed E-state index contributed by atoms with van der Waals surface area (Å²) in [5.74, 6) is -3.64. The van der Waals surface area contributed by atoms with Crippen molar-refractivity contribution < 1.29 is 23.9 Å². The van der Waals surface area contributed by atoms with Gasteiger partial charge in [-0.1, -0.05) is 11.6 Å². The monoisotopic (exact) mass is 550 g/mol. The molecule has 0 unspecified atom stereocenters. The Morgan fingerprint density at radius 1 is 1.16 bits per heavy atom. The van der Waals surface area contributed by atoms with Gasteiger partial charge in [-0.05, 0) is 58.8 Å². The summed E-state index contributed by atoms with van der Waals surface area (Å²) >= 11 is 22.0. The Kier molecular flexibility index (Phi) is 6.29. The molecule has 0 radical (unpaired) electrons. The molecule has 1 aromatic rings. The van der Waals surface area contributed by atoms with Crippen molar-refractivity contribution in [1.82, 2.24) is 4.90 Å². The van der Waals surface area contributed by atoms with Crippen molar-refractivity contribution in [2.24, 2.45) is 23.7 Å². The summed E-state index contributed by atoms with van der Waals surface area (Å²) in [5, 5.41) is 2.30. The van der Waals surface area contributed by atoms with E-state index in [9.17, 15) is 19.2 Å². The number of benzene rings is 1. The second kappa shape index (κ2) is 8.54. The molecule has 11 heteroatoms. The molecular weight excluding hydrogens is 534 g/mol. The van der Waals surface area contributed by atoms with Crippen molar-refractivity contribution in [3.63, 3.8) is 0 Å². The predicted molar refractivity (Wildman–Crippen MR) is 118 cm³/mol. The molecule has 4 rings (SSSR count). The van der Waals surface area contributed by atoms with Crippen molar-refractivity contribution in [2.45, 2.75) is 24.1 Å². The zero-order valence-corrected chi connectivity index (χ0v) is 20.1. The maximum Gasteiger partial charge on any atom is 0.326 e. The molecule has 7 nitrogen and oxygen atoms in total. The van der Waals surface area contributed by atoms with Gasteiger partial charge >= 0.3 is 5.97 Å². The molecule has 3 aliphatic rings. The van der Waals surface area contributed by atoms with Crippen LogP contribution in [0.25, 0.3) is 0 Å². The highest BCUT2D eigenvalue weighted by atomic mass is 79.9. The fourth-order valence-electron chi connectivity index (χ4n) is 4.85. The predicted octanol–water partition coefficient (Wildman–Crippen LogP) is 3.36. The number of ether oxygens (including phenoxy) is 1. The number of fused-ring (bicyclic) bond motifs is 5. The Bertz CT molecular complexity index is 958.